The van der Waals surface area contributed by atoms with Crippen molar-refractivity contribution in [3.63, 3.8) is 0 Å². The average molecular weight is 398 g/mol. The van der Waals surface area contributed by atoms with Gasteiger partial charge in [-0.2, -0.15) is 10.3 Å². The summed E-state index contributed by atoms with van der Waals surface area (Å²) in [6.45, 7) is 4.20. The molecule has 29 heavy (non-hydrogen) atoms. The molecule has 1 N–H and O–H groups in total. The van der Waals surface area contributed by atoms with Gasteiger partial charge in [0.2, 0.25) is 0 Å². The standard InChI is InChI=1S/C21H26N4O4/c1-2-29-21(27)19-18(22-24-23-19)17-6-3-11-25(17)20(26)15-9-7-14(8-10-15)16-5-4-12-28-13-16/h7-10,16-17H,2-6,11-13H2,1H3,(H,22,23,24). The van der Waals surface area contributed by atoms with Gasteiger partial charge in [-0.25, -0.2) is 4.79 Å². The third-order valence-corrected chi connectivity index (χ3v) is 5.66. The number of H-pyrrole nitrogens is 1. The molecule has 2 atom stereocenters. The van der Waals surface area contributed by atoms with Crippen LogP contribution in [0.5, 0.6) is 0 Å². The molecule has 2 aliphatic heterocycles. The van der Waals surface area contributed by atoms with Gasteiger partial charge in [-0.3, -0.25) is 4.79 Å². The maximum atomic E-state index is 13.2. The Balaban J connectivity index is 1.51. The summed E-state index contributed by atoms with van der Waals surface area (Å²) >= 11 is 0. The SMILES string of the molecule is CCOC(=O)c1n[nH]nc1C1CCCN1C(=O)c1ccc(C2CCCOC2)cc1. The van der Waals surface area contributed by atoms with Crippen LogP contribution in [0.3, 0.4) is 0 Å². The number of hydrogen-bond acceptors (Lipinski definition) is 6. The lowest BCUT2D eigenvalue weighted by Crippen LogP contribution is -2.31. The number of ether oxygens (including phenoxy) is 2. The topological polar surface area (TPSA) is 97.4 Å². The minimum atomic E-state index is -0.519. The number of benzene rings is 1. The highest BCUT2D eigenvalue weighted by atomic mass is 16.5. The summed E-state index contributed by atoms with van der Waals surface area (Å²) in [5.41, 5.74) is 2.48. The molecule has 0 aliphatic carbocycles. The van der Waals surface area contributed by atoms with Crippen molar-refractivity contribution in [3.05, 3.63) is 46.8 Å². The lowest BCUT2D eigenvalue weighted by molar-refractivity contribution is 0.0512. The Morgan fingerprint density at radius 1 is 1.21 bits per heavy atom. The molecule has 0 spiro atoms. The van der Waals surface area contributed by atoms with Crippen LogP contribution in [0.4, 0.5) is 0 Å². The molecule has 4 rings (SSSR count). The Labute approximate surface area is 169 Å². The second-order valence-corrected chi connectivity index (χ2v) is 7.47. The summed E-state index contributed by atoms with van der Waals surface area (Å²) < 4.78 is 10.6. The van der Waals surface area contributed by atoms with Crippen LogP contribution in [-0.2, 0) is 9.47 Å². The second kappa shape index (κ2) is 8.73. The van der Waals surface area contributed by atoms with Gasteiger partial charge in [0.05, 0.1) is 19.3 Å². The molecule has 3 heterocycles. The lowest BCUT2D eigenvalue weighted by Gasteiger charge is -2.25. The molecule has 1 aromatic carbocycles. The quantitative estimate of drug-likeness (QED) is 0.778. The van der Waals surface area contributed by atoms with Crippen LogP contribution in [0, 0.1) is 0 Å². The molecule has 2 fully saturated rings. The van der Waals surface area contributed by atoms with E-state index in [-0.39, 0.29) is 24.2 Å². The molecule has 2 aromatic rings. The zero-order valence-electron chi connectivity index (χ0n) is 16.6. The number of likely N-dealkylation sites (tertiary alicyclic amines) is 1. The number of carbonyl (C=O) groups excluding carboxylic acids is 2. The van der Waals surface area contributed by atoms with E-state index in [2.05, 4.69) is 15.4 Å². The molecule has 154 valence electrons. The van der Waals surface area contributed by atoms with E-state index in [1.165, 1.54) is 5.56 Å². The van der Waals surface area contributed by atoms with Crippen LogP contribution >= 0.6 is 0 Å². The summed E-state index contributed by atoms with van der Waals surface area (Å²) in [5.74, 6) is -0.180. The highest BCUT2D eigenvalue weighted by Crippen LogP contribution is 2.34. The van der Waals surface area contributed by atoms with E-state index in [1.54, 1.807) is 11.8 Å². The van der Waals surface area contributed by atoms with Gasteiger partial charge in [0, 0.05) is 24.6 Å². The predicted octanol–water partition coefficient (Wildman–Crippen LogP) is 2.85. The van der Waals surface area contributed by atoms with Gasteiger partial charge < -0.3 is 14.4 Å². The third-order valence-electron chi connectivity index (χ3n) is 5.66. The van der Waals surface area contributed by atoms with Crippen molar-refractivity contribution in [1.82, 2.24) is 20.3 Å². The number of aromatic nitrogens is 3. The predicted molar refractivity (Wildman–Crippen MR) is 105 cm³/mol. The zero-order chi connectivity index (χ0) is 20.2. The van der Waals surface area contributed by atoms with Crippen molar-refractivity contribution in [3.8, 4) is 0 Å². The molecular formula is C21H26N4O4. The fourth-order valence-electron chi connectivity index (χ4n) is 4.18. The van der Waals surface area contributed by atoms with E-state index in [1.807, 2.05) is 24.3 Å². The fourth-order valence-corrected chi connectivity index (χ4v) is 4.18. The number of esters is 1. The number of aromatic amines is 1. The Hall–Kier alpha value is -2.74. The average Bonchev–Trinajstić information content (AvgIpc) is 3.43. The molecular weight excluding hydrogens is 372 g/mol. The molecule has 2 aliphatic rings. The van der Waals surface area contributed by atoms with Crippen molar-refractivity contribution in [1.29, 1.82) is 0 Å². The third kappa shape index (κ3) is 4.03. The summed E-state index contributed by atoms with van der Waals surface area (Å²) in [6, 6.07) is 7.54. The van der Waals surface area contributed by atoms with Gasteiger partial charge >= 0.3 is 5.97 Å². The minimum absolute atomic E-state index is 0.0586. The van der Waals surface area contributed by atoms with Gasteiger partial charge in [-0.05, 0) is 50.3 Å². The molecule has 1 amide bonds. The molecule has 8 nitrogen and oxygen atoms in total. The van der Waals surface area contributed by atoms with E-state index < -0.39 is 5.97 Å². The molecule has 8 heteroatoms. The first-order chi connectivity index (χ1) is 14.2. The van der Waals surface area contributed by atoms with Gasteiger partial charge in [0.1, 0.15) is 5.69 Å². The van der Waals surface area contributed by atoms with E-state index >= 15 is 0 Å². The van der Waals surface area contributed by atoms with Gasteiger partial charge in [-0.1, -0.05) is 12.1 Å². The second-order valence-electron chi connectivity index (χ2n) is 7.47. The van der Waals surface area contributed by atoms with Crippen molar-refractivity contribution in [2.45, 2.75) is 44.6 Å². The Morgan fingerprint density at radius 2 is 2.03 bits per heavy atom. The van der Waals surface area contributed by atoms with Gasteiger partial charge in [0.25, 0.3) is 5.91 Å². The van der Waals surface area contributed by atoms with Crippen LogP contribution in [-0.4, -0.2) is 58.6 Å². The van der Waals surface area contributed by atoms with Crippen molar-refractivity contribution >= 4 is 11.9 Å². The van der Waals surface area contributed by atoms with Gasteiger partial charge in [0.15, 0.2) is 5.69 Å². The first-order valence-corrected chi connectivity index (χ1v) is 10.3. The van der Waals surface area contributed by atoms with Crippen LogP contribution in [0.25, 0.3) is 0 Å². The monoisotopic (exact) mass is 398 g/mol. The van der Waals surface area contributed by atoms with Crippen molar-refractivity contribution in [2.24, 2.45) is 0 Å². The minimum Gasteiger partial charge on any atom is -0.461 e. The number of amides is 1. The number of carbonyl (C=O) groups is 2. The van der Waals surface area contributed by atoms with E-state index in [9.17, 15) is 9.59 Å². The first-order valence-electron chi connectivity index (χ1n) is 10.3. The van der Waals surface area contributed by atoms with Crippen molar-refractivity contribution < 1.29 is 19.1 Å². The van der Waals surface area contributed by atoms with E-state index in [0.717, 1.165) is 38.9 Å². The first kappa shape index (κ1) is 19.6. The van der Waals surface area contributed by atoms with E-state index in [4.69, 9.17) is 9.47 Å². The van der Waals surface area contributed by atoms with Crippen LogP contribution in [0.2, 0.25) is 0 Å². The van der Waals surface area contributed by atoms with Gasteiger partial charge in [-0.15, -0.1) is 5.10 Å². The molecule has 0 radical (unpaired) electrons. The van der Waals surface area contributed by atoms with Crippen LogP contribution in [0.1, 0.15) is 76.7 Å². The highest BCUT2D eigenvalue weighted by Gasteiger charge is 2.36. The number of nitrogens with one attached hydrogen (secondary N) is 1. The summed E-state index contributed by atoms with van der Waals surface area (Å²) in [7, 11) is 0. The molecule has 2 unspecified atom stereocenters. The smallest absolute Gasteiger partial charge is 0.360 e. The molecule has 1 aromatic heterocycles. The summed E-state index contributed by atoms with van der Waals surface area (Å²) in [6.07, 6.45) is 3.77. The largest absolute Gasteiger partial charge is 0.461 e. The Morgan fingerprint density at radius 3 is 2.76 bits per heavy atom. The maximum absolute atomic E-state index is 13.2. The molecule has 0 bridgehead atoms. The number of rotatable bonds is 5. The van der Waals surface area contributed by atoms with Crippen LogP contribution in [0.15, 0.2) is 24.3 Å². The normalized spacial score (nSPS) is 21.9. The Kier molecular flexibility index (Phi) is 5.89. The Bertz CT molecular complexity index is 858. The molecule has 2 saturated heterocycles. The highest BCUT2D eigenvalue weighted by molar-refractivity contribution is 5.95. The molecule has 0 saturated carbocycles. The maximum Gasteiger partial charge on any atom is 0.360 e. The summed E-state index contributed by atoms with van der Waals surface area (Å²) in [4.78, 5) is 27.1. The summed E-state index contributed by atoms with van der Waals surface area (Å²) in [5, 5.41) is 10.6. The lowest BCUT2D eigenvalue weighted by atomic mass is 9.93. The van der Waals surface area contributed by atoms with Crippen LogP contribution < -0.4 is 0 Å². The zero-order valence-corrected chi connectivity index (χ0v) is 16.6. The number of hydrogen-bond donors (Lipinski definition) is 1. The number of nitrogens with zero attached hydrogens (tertiary/aromatic N) is 3. The van der Waals surface area contributed by atoms with E-state index in [0.29, 0.717) is 23.7 Å². The van der Waals surface area contributed by atoms with Crippen molar-refractivity contribution in [2.75, 3.05) is 26.4 Å². The fraction of sp³-hybridized carbons (Fsp3) is 0.524.